The van der Waals surface area contributed by atoms with Gasteiger partial charge in [-0.1, -0.05) is 36.4 Å². The number of nitrogens with one attached hydrogen (secondary N) is 2. The molecule has 5 heteroatoms. The van der Waals surface area contributed by atoms with Crippen molar-refractivity contribution in [2.45, 2.75) is 18.8 Å². The average molecular weight is 324 g/mol. The lowest BCUT2D eigenvalue weighted by Crippen LogP contribution is -2.28. The van der Waals surface area contributed by atoms with Crippen molar-refractivity contribution in [3.8, 4) is 5.75 Å². The van der Waals surface area contributed by atoms with Gasteiger partial charge in [0.25, 0.3) is 0 Å². The standard InChI is InChI=1S/C19H20N2O3/c1-24-17-9-5-2-6-13(17)12-18(22)20-11-10-15-14-7-3-4-8-16(14)21-19(15)23/h2-9,15H,10-12H2,1H3,(H,20,22)(H,21,23). The van der Waals surface area contributed by atoms with Gasteiger partial charge in [0, 0.05) is 17.8 Å². The molecule has 1 aliphatic rings. The third-order valence-electron chi connectivity index (χ3n) is 4.21. The topological polar surface area (TPSA) is 67.4 Å². The van der Waals surface area contributed by atoms with Gasteiger partial charge in [-0.05, 0) is 24.1 Å². The highest BCUT2D eigenvalue weighted by Crippen LogP contribution is 2.33. The second-order valence-electron chi connectivity index (χ2n) is 5.76. The Morgan fingerprint density at radius 1 is 1.17 bits per heavy atom. The summed E-state index contributed by atoms with van der Waals surface area (Å²) < 4.78 is 5.25. The van der Waals surface area contributed by atoms with E-state index in [-0.39, 0.29) is 24.2 Å². The molecule has 124 valence electrons. The molecule has 2 aromatic carbocycles. The predicted molar refractivity (Wildman–Crippen MR) is 92.1 cm³/mol. The first kappa shape index (κ1) is 16.1. The fourth-order valence-corrected chi connectivity index (χ4v) is 3.00. The summed E-state index contributed by atoms with van der Waals surface area (Å²) in [6, 6.07) is 15.1. The number of benzene rings is 2. The highest BCUT2D eigenvalue weighted by molar-refractivity contribution is 6.02. The molecule has 2 N–H and O–H groups in total. The molecule has 2 amide bonds. The highest BCUT2D eigenvalue weighted by Gasteiger charge is 2.29. The number of para-hydroxylation sites is 2. The van der Waals surface area contributed by atoms with E-state index in [2.05, 4.69) is 10.6 Å². The molecule has 2 aromatic rings. The minimum absolute atomic E-state index is 0.00447. The van der Waals surface area contributed by atoms with Crippen molar-refractivity contribution in [3.63, 3.8) is 0 Å². The van der Waals surface area contributed by atoms with Crippen molar-refractivity contribution >= 4 is 17.5 Å². The normalized spacial score (nSPS) is 15.5. The Kier molecular flexibility index (Phi) is 4.79. The molecule has 1 atom stereocenters. The van der Waals surface area contributed by atoms with Crippen molar-refractivity contribution in [1.82, 2.24) is 5.32 Å². The van der Waals surface area contributed by atoms with Gasteiger partial charge in [-0.3, -0.25) is 9.59 Å². The van der Waals surface area contributed by atoms with Crippen molar-refractivity contribution in [2.75, 3.05) is 19.0 Å². The minimum Gasteiger partial charge on any atom is -0.496 e. The molecule has 0 spiro atoms. The van der Waals surface area contributed by atoms with E-state index in [0.717, 1.165) is 16.8 Å². The molecule has 0 fully saturated rings. The van der Waals surface area contributed by atoms with E-state index in [0.29, 0.717) is 18.7 Å². The second-order valence-corrected chi connectivity index (χ2v) is 5.76. The summed E-state index contributed by atoms with van der Waals surface area (Å²) in [6.07, 6.45) is 0.845. The van der Waals surface area contributed by atoms with Crippen molar-refractivity contribution in [2.24, 2.45) is 0 Å². The van der Waals surface area contributed by atoms with Crippen LogP contribution in [0.4, 0.5) is 5.69 Å². The molecule has 24 heavy (non-hydrogen) atoms. The molecular formula is C19H20N2O3. The molecule has 0 aliphatic carbocycles. The highest BCUT2D eigenvalue weighted by atomic mass is 16.5. The molecule has 0 saturated heterocycles. The van der Waals surface area contributed by atoms with Gasteiger partial charge in [-0.15, -0.1) is 0 Å². The Labute approximate surface area is 141 Å². The Balaban J connectivity index is 1.53. The summed E-state index contributed by atoms with van der Waals surface area (Å²) in [7, 11) is 1.59. The van der Waals surface area contributed by atoms with Crippen LogP contribution in [0.2, 0.25) is 0 Å². The maximum Gasteiger partial charge on any atom is 0.232 e. The summed E-state index contributed by atoms with van der Waals surface area (Å²) in [6.45, 7) is 0.459. The van der Waals surface area contributed by atoms with Crippen LogP contribution in [0, 0.1) is 0 Å². The smallest absolute Gasteiger partial charge is 0.232 e. The molecule has 3 rings (SSSR count). The number of anilines is 1. The molecular weight excluding hydrogens is 304 g/mol. The van der Waals surface area contributed by atoms with Gasteiger partial charge in [-0.2, -0.15) is 0 Å². The first-order chi connectivity index (χ1) is 11.7. The van der Waals surface area contributed by atoms with Crippen molar-refractivity contribution in [3.05, 3.63) is 59.7 Å². The van der Waals surface area contributed by atoms with Gasteiger partial charge in [0.05, 0.1) is 19.4 Å². The zero-order valence-corrected chi connectivity index (χ0v) is 13.5. The maximum atomic E-state index is 12.1. The summed E-state index contributed by atoms with van der Waals surface area (Å²) in [5, 5.41) is 5.76. The van der Waals surface area contributed by atoms with Crippen LogP contribution in [0.3, 0.4) is 0 Å². The first-order valence-corrected chi connectivity index (χ1v) is 7.97. The first-order valence-electron chi connectivity index (χ1n) is 7.97. The van der Waals surface area contributed by atoms with Crippen LogP contribution in [0.15, 0.2) is 48.5 Å². The Morgan fingerprint density at radius 2 is 1.92 bits per heavy atom. The van der Waals surface area contributed by atoms with Gasteiger partial charge < -0.3 is 15.4 Å². The monoisotopic (exact) mass is 324 g/mol. The van der Waals surface area contributed by atoms with E-state index < -0.39 is 0 Å². The molecule has 5 nitrogen and oxygen atoms in total. The third kappa shape index (κ3) is 3.40. The number of hydrogen-bond acceptors (Lipinski definition) is 3. The predicted octanol–water partition coefficient (Wildman–Crippen LogP) is 2.48. The molecule has 1 heterocycles. The van der Waals surface area contributed by atoms with E-state index in [4.69, 9.17) is 4.74 Å². The van der Waals surface area contributed by atoms with E-state index >= 15 is 0 Å². The average Bonchev–Trinajstić information content (AvgIpc) is 2.91. The molecule has 0 saturated carbocycles. The second kappa shape index (κ2) is 7.17. The van der Waals surface area contributed by atoms with Crippen LogP contribution < -0.4 is 15.4 Å². The van der Waals surface area contributed by atoms with Crippen LogP contribution in [-0.2, 0) is 16.0 Å². The van der Waals surface area contributed by atoms with Crippen LogP contribution >= 0.6 is 0 Å². The van der Waals surface area contributed by atoms with E-state index in [9.17, 15) is 9.59 Å². The number of rotatable bonds is 6. The number of carbonyl (C=O) groups is 2. The van der Waals surface area contributed by atoms with Crippen LogP contribution in [0.25, 0.3) is 0 Å². The van der Waals surface area contributed by atoms with Crippen LogP contribution in [-0.4, -0.2) is 25.5 Å². The number of methoxy groups -OCH3 is 1. The van der Waals surface area contributed by atoms with Gasteiger partial charge >= 0.3 is 0 Å². The van der Waals surface area contributed by atoms with Gasteiger partial charge in [0.15, 0.2) is 0 Å². The number of amides is 2. The largest absolute Gasteiger partial charge is 0.496 e. The van der Waals surface area contributed by atoms with E-state index in [1.807, 2.05) is 48.5 Å². The summed E-state index contributed by atoms with van der Waals surface area (Å²) in [5.74, 6) is 0.422. The summed E-state index contributed by atoms with van der Waals surface area (Å²) in [4.78, 5) is 24.2. The molecule has 0 aromatic heterocycles. The van der Waals surface area contributed by atoms with Crippen LogP contribution in [0.5, 0.6) is 5.75 Å². The minimum atomic E-state index is -0.201. The summed E-state index contributed by atoms with van der Waals surface area (Å²) in [5.41, 5.74) is 2.72. The zero-order valence-electron chi connectivity index (χ0n) is 13.5. The van der Waals surface area contributed by atoms with Gasteiger partial charge in [0.1, 0.15) is 5.75 Å². The number of ether oxygens (including phenoxy) is 1. The van der Waals surface area contributed by atoms with E-state index in [1.165, 1.54) is 0 Å². The molecule has 0 bridgehead atoms. The quantitative estimate of drug-likeness (QED) is 0.858. The molecule has 1 aliphatic heterocycles. The van der Waals surface area contributed by atoms with E-state index in [1.54, 1.807) is 7.11 Å². The lowest BCUT2D eigenvalue weighted by molar-refractivity contribution is -0.121. The Morgan fingerprint density at radius 3 is 2.75 bits per heavy atom. The number of fused-ring (bicyclic) bond motifs is 1. The van der Waals surface area contributed by atoms with Crippen molar-refractivity contribution in [1.29, 1.82) is 0 Å². The lowest BCUT2D eigenvalue weighted by atomic mass is 9.97. The molecule has 1 unspecified atom stereocenters. The number of carbonyl (C=O) groups excluding carboxylic acids is 2. The van der Waals surface area contributed by atoms with Crippen LogP contribution in [0.1, 0.15) is 23.5 Å². The van der Waals surface area contributed by atoms with Gasteiger partial charge in [-0.25, -0.2) is 0 Å². The Bertz CT molecular complexity index is 758. The Hall–Kier alpha value is -2.82. The SMILES string of the molecule is COc1ccccc1CC(=O)NCCC1C(=O)Nc2ccccc21. The number of hydrogen-bond donors (Lipinski definition) is 2. The fraction of sp³-hybridized carbons (Fsp3) is 0.263. The lowest BCUT2D eigenvalue weighted by Gasteiger charge is -2.11. The molecule has 0 radical (unpaired) electrons. The summed E-state index contributed by atoms with van der Waals surface area (Å²) >= 11 is 0. The third-order valence-corrected chi connectivity index (χ3v) is 4.21. The fourth-order valence-electron chi connectivity index (χ4n) is 3.00. The zero-order chi connectivity index (χ0) is 16.9. The maximum absolute atomic E-state index is 12.1. The van der Waals surface area contributed by atoms with Gasteiger partial charge in [0.2, 0.25) is 11.8 Å². The van der Waals surface area contributed by atoms with Crippen molar-refractivity contribution < 1.29 is 14.3 Å².